The normalized spacial score (nSPS) is 9.96. The molecule has 0 unspecified atom stereocenters. The van der Waals surface area contributed by atoms with E-state index in [1.807, 2.05) is 12.1 Å². The number of azide groups is 1. The molecule has 0 atom stereocenters. The third-order valence-corrected chi connectivity index (χ3v) is 3.57. The lowest BCUT2D eigenvalue weighted by atomic mass is 10.1. The van der Waals surface area contributed by atoms with Gasteiger partial charge in [0.1, 0.15) is 0 Å². The number of aromatic nitrogens is 2. The van der Waals surface area contributed by atoms with E-state index in [-0.39, 0.29) is 0 Å². The molecule has 0 spiro atoms. The van der Waals surface area contributed by atoms with Crippen molar-refractivity contribution in [2.45, 2.75) is 0 Å². The summed E-state index contributed by atoms with van der Waals surface area (Å²) in [5.74, 6) is -0.211. The predicted octanol–water partition coefficient (Wildman–Crippen LogP) is 4.99. The summed E-state index contributed by atoms with van der Waals surface area (Å²) < 4.78 is 0. The Morgan fingerprint density at radius 3 is 2.48 bits per heavy atom. The summed E-state index contributed by atoms with van der Waals surface area (Å²) >= 11 is 5.90. The molecule has 0 bridgehead atoms. The van der Waals surface area contributed by atoms with Crippen molar-refractivity contribution in [3.63, 3.8) is 0 Å². The molecule has 7 nitrogen and oxygen atoms in total. The molecule has 8 heteroatoms. The maximum atomic E-state index is 11.5. The molecular formula is C17H11ClN6O. The number of rotatable bonds is 4. The maximum absolute atomic E-state index is 11.5. The maximum Gasteiger partial charge on any atom is 0.249 e. The Bertz CT molecular complexity index is 950. The molecule has 0 fully saturated rings. The minimum atomic E-state index is -0.630. The second kappa shape index (κ2) is 7.44. The summed E-state index contributed by atoms with van der Waals surface area (Å²) in [6.07, 6.45) is 1.65. The Labute approximate surface area is 147 Å². The smallest absolute Gasteiger partial charge is 0.249 e. The molecule has 3 aromatic rings. The van der Waals surface area contributed by atoms with Gasteiger partial charge in [0.25, 0.3) is 0 Å². The Kier molecular flexibility index (Phi) is 4.89. The van der Waals surface area contributed by atoms with E-state index in [9.17, 15) is 4.79 Å². The molecule has 0 saturated carbocycles. The van der Waals surface area contributed by atoms with Crippen molar-refractivity contribution in [2.24, 2.45) is 5.11 Å². The van der Waals surface area contributed by atoms with Gasteiger partial charge in [-0.25, -0.2) is 9.97 Å². The lowest BCUT2D eigenvalue weighted by Gasteiger charge is -2.07. The largest absolute Gasteiger partial charge is 0.324 e. The Balaban J connectivity index is 1.79. The quantitative estimate of drug-likeness (QED) is 0.406. The van der Waals surface area contributed by atoms with E-state index < -0.39 is 5.91 Å². The third kappa shape index (κ3) is 4.11. The number of hydrogen-bond acceptors (Lipinski definition) is 4. The number of hydrogen-bond donors (Lipinski definition) is 1. The molecule has 1 N–H and O–H groups in total. The van der Waals surface area contributed by atoms with E-state index in [0.29, 0.717) is 22.2 Å². The zero-order valence-corrected chi connectivity index (χ0v) is 13.6. The van der Waals surface area contributed by atoms with Crippen molar-refractivity contribution >= 4 is 29.1 Å². The topological polar surface area (TPSA) is 104 Å². The van der Waals surface area contributed by atoms with Crippen molar-refractivity contribution < 1.29 is 4.79 Å². The minimum Gasteiger partial charge on any atom is -0.324 e. The lowest BCUT2D eigenvalue weighted by Crippen LogP contribution is -1.99. The monoisotopic (exact) mass is 350 g/mol. The van der Waals surface area contributed by atoms with Crippen molar-refractivity contribution in [1.29, 1.82) is 0 Å². The first-order valence-electron chi connectivity index (χ1n) is 7.21. The van der Waals surface area contributed by atoms with E-state index in [2.05, 4.69) is 25.3 Å². The van der Waals surface area contributed by atoms with Crippen molar-refractivity contribution in [3.05, 3.63) is 81.8 Å². The fourth-order valence-corrected chi connectivity index (χ4v) is 2.25. The highest BCUT2D eigenvalue weighted by molar-refractivity contribution is 6.30. The van der Waals surface area contributed by atoms with Crippen LogP contribution in [0.5, 0.6) is 0 Å². The Morgan fingerprint density at radius 2 is 1.80 bits per heavy atom. The highest BCUT2D eigenvalue weighted by Gasteiger charge is 2.05. The average Bonchev–Trinajstić information content (AvgIpc) is 2.63. The molecule has 0 aliphatic carbocycles. The Hall–Kier alpha value is -3.41. The number of amides is 1. The molecule has 1 heterocycles. The molecule has 122 valence electrons. The van der Waals surface area contributed by atoms with Crippen LogP contribution in [0.3, 0.4) is 0 Å². The van der Waals surface area contributed by atoms with Gasteiger partial charge in [-0.15, -0.1) is 0 Å². The van der Waals surface area contributed by atoms with Gasteiger partial charge in [0.05, 0.1) is 5.69 Å². The van der Waals surface area contributed by atoms with Crippen LogP contribution in [-0.2, 0) is 0 Å². The predicted molar refractivity (Wildman–Crippen MR) is 95.7 cm³/mol. The van der Waals surface area contributed by atoms with E-state index in [0.717, 1.165) is 11.3 Å². The molecule has 0 radical (unpaired) electrons. The second-order valence-electron chi connectivity index (χ2n) is 4.97. The van der Waals surface area contributed by atoms with Gasteiger partial charge < -0.3 is 5.32 Å². The van der Waals surface area contributed by atoms with Crippen LogP contribution in [0.1, 0.15) is 10.4 Å². The number of nitrogens with one attached hydrogen (secondary N) is 1. The van der Waals surface area contributed by atoms with Gasteiger partial charge in [0.15, 0.2) is 0 Å². The van der Waals surface area contributed by atoms with E-state index >= 15 is 0 Å². The summed E-state index contributed by atoms with van der Waals surface area (Å²) in [6.45, 7) is 0. The second-order valence-corrected chi connectivity index (χ2v) is 5.41. The van der Waals surface area contributed by atoms with Gasteiger partial charge in [-0.2, -0.15) is 0 Å². The van der Waals surface area contributed by atoms with Gasteiger partial charge in [0.2, 0.25) is 11.9 Å². The summed E-state index contributed by atoms with van der Waals surface area (Å²) in [4.78, 5) is 22.6. The standard InChI is InChI=1S/C17H11ClN6O/c18-13-5-1-11(2-6-13)15-9-10-20-17(22-15)21-14-7-3-12(4-8-14)16(25)23-24-19/h1-10H,(H,20,21,22). The van der Waals surface area contributed by atoms with Gasteiger partial charge >= 0.3 is 0 Å². The van der Waals surface area contributed by atoms with Crippen LogP contribution in [0.15, 0.2) is 65.9 Å². The molecule has 2 aromatic carbocycles. The summed E-state index contributed by atoms with van der Waals surface area (Å²) in [6, 6.07) is 15.6. The van der Waals surface area contributed by atoms with Gasteiger partial charge in [-0.05, 0) is 53.1 Å². The SMILES string of the molecule is [N-]=[N+]=NC(=O)c1ccc(Nc2nccc(-c3ccc(Cl)cc3)n2)cc1. The fraction of sp³-hybridized carbons (Fsp3) is 0. The Morgan fingerprint density at radius 1 is 1.08 bits per heavy atom. The van der Waals surface area contributed by atoms with Gasteiger partial charge in [0, 0.05) is 32.9 Å². The molecule has 0 aliphatic heterocycles. The average molecular weight is 351 g/mol. The number of halogens is 1. The van der Waals surface area contributed by atoms with E-state index in [1.54, 1.807) is 48.7 Å². The van der Waals surface area contributed by atoms with Gasteiger partial charge in [-0.3, -0.25) is 4.79 Å². The number of carbonyl (C=O) groups is 1. The lowest BCUT2D eigenvalue weighted by molar-refractivity contribution is 0.100. The first kappa shape index (κ1) is 16.4. The van der Waals surface area contributed by atoms with Crippen LogP contribution in [-0.4, -0.2) is 15.9 Å². The summed E-state index contributed by atoms with van der Waals surface area (Å²) in [5, 5.41) is 6.77. The summed E-state index contributed by atoms with van der Waals surface area (Å²) in [5.41, 5.74) is 11.0. The zero-order valence-electron chi connectivity index (χ0n) is 12.8. The molecule has 3 rings (SSSR count). The number of carbonyl (C=O) groups excluding carboxylic acids is 1. The van der Waals surface area contributed by atoms with Crippen LogP contribution in [0.2, 0.25) is 5.02 Å². The van der Waals surface area contributed by atoms with Crippen molar-refractivity contribution in [1.82, 2.24) is 9.97 Å². The molecule has 1 amide bonds. The summed E-state index contributed by atoms with van der Waals surface area (Å²) in [7, 11) is 0. The van der Waals surface area contributed by atoms with Crippen LogP contribution in [0.4, 0.5) is 11.6 Å². The number of nitrogens with zero attached hydrogens (tertiary/aromatic N) is 5. The van der Waals surface area contributed by atoms with Crippen LogP contribution < -0.4 is 5.32 Å². The molecule has 25 heavy (non-hydrogen) atoms. The van der Waals surface area contributed by atoms with Crippen molar-refractivity contribution in [3.8, 4) is 11.3 Å². The fourth-order valence-electron chi connectivity index (χ4n) is 2.12. The molecule has 1 aromatic heterocycles. The molecule has 0 aliphatic rings. The van der Waals surface area contributed by atoms with Gasteiger partial charge in [-0.1, -0.05) is 23.7 Å². The first-order chi connectivity index (χ1) is 12.2. The number of anilines is 2. The van der Waals surface area contributed by atoms with E-state index in [1.165, 1.54) is 0 Å². The highest BCUT2D eigenvalue weighted by atomic mass is 35.5. The third-order valence-electron chi connectivity index (χ3n) is 3.32. The van der Waals surface area contributed by atoms with E-state index in [4.69, 9.17) is 17.1 Å². The van der Waals surface area contributed by atoms with Crippen molar-refractivity contribution in [2.75, 3.05) is 5.32 Å². The minimum absolute atomic E-state index is 0.305. The van der Waals surface area contributed by atoms with Crippen LogP contribution >= 0.6 is 11.6 Å². The molecular weight excluding hydrogens is 340 g/mol. The first-order valence-corrected chi connectivity index (χ1v) is 7.59. The van der Waals surface area contributed by atoms with Crippen LogP contribution in [0.25, 0.3) is 21.7 Å². The van der Waals surface area contributed by atoms with Crippen LogP contribution in [0, 0.1) is 0 Å². The molecule has 0 saturated heterocycles. The zero-order chi connectivity index (χ0) is 17.6. The highest BCUT2D eigenvalue weighted by Crippen LogP contribution is 2.21. The number of benzene rings is 2.